The summed E-state index contributed by atoms with van der Waals surface area (Å²) in [5.41, 5.74) is 1.17. The molecule has 0 saturated carbocycles. The molecule has 0 unspecified atom stereocenters. The zero-order valence-electron chi connectivity index (χ0n) is 13.6. The number of rotatable bonds is 6. The molecule has 0 fully saturated rings. The predicted molar refractivity (Wildman–Crippen MR) is 91.3 cm³/mol. The second-order valence-electron chi connectivity index (χ2n) is 5.31. The number of carbonyl (C=O) groups is 1. The third kappa shape index (κ3) is 4.14. The largest absolute Gasteiger partial charge is 0.506 e. The number of amides is 1. The number of phenols is 1. The minimum absolute atomic E-state index is 0.0235. The van der Waals surface area contributed by atoms with Crippen molar-refractivity contribution in [3.8, 4) is 22.9 Å². The highest BCUT2D eigenvalue weighted by molar-refractivity contribution is 5.92. The molecule has 1 amide bonds. The summed E-state index contributed by atoms with van der Waals surface area (Å²) in [4.78, 5) is 16.2. The smallest absolute Gasteiger partial charge is 0.227 e. The fraction of sp³-hybridized carbons (Fsp3) is 0.167. The molecule has 0 saturated heterocycles. The SMILES string of the molecule is COc1ccc(-c2noc(CCC(=O)Nc3ccccc3O)n2)cc1. The van der Waals surface area contributed by atoms with E-state index in [2.05, 4.69) is 15.5 Å². The summed E-state index contributed by atoms with van der Waals surface area (Å²) >= 11 is 0. The number of phenolic OH excluding ortho intramolecular Hbond substituents is 1. The minimum Gasteiger partial charge on any atom is -0.506 e. The van der Waals surface area contributed by atoms with Gasteiger partial charge in [0.15, 0.2) is 0 Å². The second kappa shape index (κ2) is 7.48. The lowest BCUT2D eigenvalue weighted by atomic mass is 10.2. The van der Waals surface area contributed by atoms with Crippen molar-refractivity contribution in [1.29, 1.82) is 0 Å². The van der Waals surface area contributed by atoms with Crippen LogP contribution in [0.5, 0.6) is 11.5 Å². The van der Waals surface area contributed by atoms with Crippen LogP contribution < -0.4 is 10.1 Å². The van der Waals surface area contributed by atoms with Gasteiger partial charge in [-0.25, -0.2) is 0 Å². The van der Waals surface area contributed by atoms with Crippen molar-refractivity contribution < 1.29 is 19.2 Å². The van der Waals surface area contributed by atoms with Gasteiger partial charge < -0.3 is 19.7 Å². The number of aryl methyl sites for hydroxylation is 1. The summed E-state index contributed by atoms with van der Waals surface area (Å²) < 4.78 is 10.3. The number of hydrogen-bond donors (Lipinski definition) is 2. The molecule has 25 heavy (non-hydrogen) atoms. The number of hydrogen-bond acceptors (Lipinski definition) is 6. The van der Waals surface area contributed by atoms with Gasteiger partial charge in [0, 0.05) is 18.4 Å². The Balaban J connectivity index is 1.58. The first-order valence-electron chi connectivity index (χ1n) is 7.70. The molecular weight excluding hydrogens is 322 g/mol. The van der Waals surface area contributed by atoms with Crippen molar-refractivity contribution in [2.75, 3.05) is 12.4 Å². The average molecular weight is 339 g/mol. The molecule has 2 N–H and O–H groups in total. The van der Waals surface area contributed by atoms with Gasteiger partial charge in [-0.2, -0.15) is 4.98 Å². The van der Waals surface area contributed by atoms with Gasteiger partial charge >= 0.3 is 0 Å². The van der Waals surface area contributed by atoms with Crippen molar-refractivity contribution in [2.45, 2.75) is 12.8 Å². The van der Waals surface area contributed by atoms with Crippen LogP contribution in [0.1, 0.15) is 12.3 Å². The molecule has 0 bridgehead atoms. The van der Waals surface area contributed by atoms with Gasteiger partial charge in [0.2, 0.25) is 17.6 Å². The Morgan fingerprint density at radius 2 is 1.96 bits per heavy atom. The highest BCUT2D eigenvalue weighted by Gasteiger charge is 2.12. The Hall–Kier alpha value is -3.35. The van der Waals surface area contributed by atoms with Crippen LogP contribution in [0, 0.1) is 0 Å². The molecule has 0 aliphatic heterocycles. The van der Waals surface area contributed by atoms with Crippen LogP contribution in [0.2, 0.25) is 0 Å². The summed E-state index contributed by atoms with van der Waals surface area (Å²) in [6.45, 7) is 0. The molecule has 1 heterocycles. The Morgan fingerprint density at radius 3 is 2.68 bits per heavy atom. The summed E-state index contributed by atoms with van der Waals surface area (Å²) in [5.74, 6) is 1.35. The highest BCUT2D eigenvalue weighted by atomic mass is 16.5. The number of aromatic nitrogens is 2. The zero-order chi connectivity index (χ0) is 17.6. The maximum Gasteiger partial charge on any atom is 0.227 e. The molecule has 128 valence electrons. The first-order chi connectivity index (χ1) is 12.2. The van der Waals surface area contributed by atoms with Gasteiger partial charge in [-0.05, 0) is 36.4 Å². The van der Waals surface area contributed by atoms with Gasteiger partial charge in [0.05, 0.1) is 12.8 Å². The first kappa shape index (κ1) is 16.5. The molecular formula is C18H17N3O4. The molecule has 0 atom stereocenters. The molecule has 0 radical (unpaired) electrons. The lowest BCUT2D eigenvalue weighted by Gasteiger charge is -2.05. The van der Waals surface area contributed by atoms with E-state index in [1.54, 1.807) is 25.3 Å². The highest BCUT2D eigenvalue weighted by Crippen LogP contribution is 2.22. The first-order valence-corrected chi connectivity index (χ1v) is 7.70. The Morgan fingerprint density at radius 1 is 1.20 bits per heavy atom. The monoisotopic (exact) mass is 339 g/mol. The molecule has 3 aromatic rings. The average Bonchev–Trinajstić information content (AvgIpc) is 3.11. The van der Waals surface area contributed by atoms with E-state index in [0.717, 1.165) is 11.3 Å². The number of anilines is 1. The molecule has 0 aliphatic carbocycles. The molecule has 3 rings (SSSR count). The summed E-state index contributed by atoms with van der Waals surface area (Å²) in [5, 5.41) is 16.2. The van der Waals surface area contributed by atoms with Crippen LogP contribution in [0.25, 0.3) is 11.4 Å². The van der Waals surface area contributed by atoms with E-state index < -0.39 is 0 Å². The summed E-state index contributed by atoms with van der Waals surface area (Å²) in [7, 11) is 1.60. The van der Waals surface area contributed by atoms with Gasteiger partial charge in [0.1, 0.15) is 11.5 Å². The Bertz CT molecular complexity index is 859. The number of para-hydroxylation sites is 2. The summed E-state index contributed by atoms with van der Waals surface area (Å²) in [6.07, 6.45) is 0.473. The molecule has 0 aliphatic rings. The van der Waals surface area contributed by atoms with Gasteiger partial charge in [0.25, 0.3) is 0 Å². The van der Waals surface area contributed by atoms with E-state index in [1.165, 1.54) is 6.07 Å². The predicted octanol–water partition coefficient (Wildman–Crippen LogP) is 3.02. The number of nitrogens with one attached hydrogen (secondary N) is 1. The maximum atomic E-state index is 12.0. The van der Waals surface area contributed by atoms with E-state index in [-0.39, 0.29) is 18.1 Å². The minimum atomic E-state index is -0.245. The second-order valence-corrected chi connectivity index (χ2v) is 5.31. The number of benzene rings is 2. The number of nitrogens with zero attached hydrogens (tertiary/aromatic N) is 2. The van der Waals surface area contributed by atoms with Crippen molar-refractivity contribution in [3.05, 3.63) is 54.4 Å². The van der Waals surface area contributed by atoms with Crippen LogP contribution in [-0.4, -0.2) is 28.3 Å². The third-order valence-corrected chi connectivity index (χ3v) is 3.56. The summed E-state index contributed by atoms with van der Waals surface area (Å²) in [6, 6.07) is 13.8. The Kier molecular flexibility index (Phi) is 4.94. The van der Waals surface area contributed by atoms with Crippen LogP contribution in [0.15, 0.2) is 53.1 Å². The van der Waals surface area contributed by atoms with E-state index in [4.69, 9.17) is 9.26 Å². The van der Waals surface area contributed by atoms with Crippen molar-refractivity contribution in [2.24, 2.45) is 0 Å². The lowest BCUT2D eigenvalue weighted by Crippen LogP contribution is -2.12. The molecule has 1 aromatic heterocycles. The number of carbonyl (C=O) groups excluding carboxylic acids is 1. The van der Waals surface area contributed by atoms with Gasteiger partial charge in [-0.3, -0.25) is 4.79 Å². The van der Waals surface area contributed by atoms with Crippen LogP contribution >= 0.6 is 0 Å². The lowest BCUT2D eigenvalue weighted by molar-refractivity contribution is -0.116. The van der Waals surface area contributed by atoms with Crippen molar-refractivity contribution in [1.82, 2.24) is 10.1 Å². The van der Waals surface area contributed by atoms with Crippen LogP contribution in [0.4, 0.5) is 5.69 Å². The third-order valence-electron chi connectivity index (χ3n) is 3.56. The normalized spacial score (nSPS) is 10.4. The number of aromatic hydroxyl groups is 1. The molecule has 2 aromatic carbocycles. The molecule has 0 spiro atoms. The van der Waals surface area contributed by atoms with Crippen molar-refractivity contribution >= 4 is 11.6 Å². The quantitative estimate of drug-likeness (QED) is 0.670. The molecule has 7 heteroatoms. The van der Waals surface area contributed by atoms with Crippen molar-refractivity contribution in [3.63, 3.8) is 0 Å². The maximum absolute atomic E-state index is 12.0. The van der Waals surface area contributed by atoms with E-state index in [9.17, 15) is 9.90 Å². The number of methoxy groups -OCH3 is 1. The fourth-order valence-electron chi connectivity index (χ4n) is 2.23. The molecule has 7 nitrogen and oxygen atoms in total. The van der Waals surface area contributed by atoms with Gasteiger partial charge in [-0.15, -0.1) is 0 Å². The number of ether oxygens (including phenoxy) is 1. The topological polar surface area (TPSA) is 97.5 Å². The van der Waals surface area contributed by atoms with Crippen LogP contribution in [-0.2, 0) is 11.2 Å². The van der Waals surface area contributed by atoms with E-state index in [1.807, 2.05) is 24.3 Å². The fourth-order valence-corrected chi connectivity index (χ4v) is 2.23. The zero-order valence-corrected chi connectivity index (χ0v) is 13.6. The van der Waals surface area contributed by atoms with Gasteiger partial charge in [-0.1, -0.05) is 17.3 Å². The van der Waals surface area contributed by atoms with E-state index in [0.29, 0.717) is 23.8 Å². The standard InChI is InChI=1S/C18H17N3O4/c1-24-13-8-6-12(7-9-13)18-20-17(25-21-18)11-10-16(23)19-14-4-2-3-5-15(14)22/h2-9,22H,10-11H2,1H3,(H,19,23). The van der Waals surface area contributed by atoms with Crippen LogP contribution in [0.3, 0.4) is 0 Å². The van der Waals surface area contributed by atoms with E-state index >= 15 is 0 Å². The Labute approximate surface area is 144 Å².